The lowest BCUT2D eigenvalue weighted by Gasteiger charge is -2.09. The number of hydrogen-bond acceptors (Lipinski definition) is 1. The molecule has 5 heteroatoms. The highest BCUT2D eigenvalue weighted by molar-refractivity contribution is 5.59. The minimum atomic E-state index is -4.31. The second-order valence-corrected chi connectivity index (χ2v) is 3.77. The van der Waals surface area contributed by atoms with Crippen LogP contribution in [0.25, 0.3) is 0 Å². The van der Waals surface area contributed by atoms with Gasteiger partial charge in [-0.25, -0.2) is 0 Å². The highest BCUT2D eigenvalue weighted by Crippen LogP contribution is 2.31. The van der Waals surface area contributed by atoms with Crippen molar-refractivity contribution >= 4 is 11.4 Å². The van der Waals surface area contributed by atoms with E-state index in [1.165, 1.54) is 6.07 Å². The van der Waals surface area contributed by atoms with Crippen molar-refractivity contribution in [3.8, 4) is 0 Å². The number of aryl methyl sites for hydroxylation is 1. The molecule has 1 aromatic heterocycles. The minimum Gasteiger partial charge on any atom is -0.355 e. The molecule has 2 aromatic rings. The summed E-state index contributed by atoms with van der Waals surface area (Å²) in [6, 6.07) is 6.92. The molecule has 90 valence electrons. The Labute approximate surface area is 96.7 Å². The lowest BCUT2D eigenvalue weighted by atomic mass is 10.2. The topological polar surface area (TPSA) is 17.0 Å². The van der Waals surface area contributed by atoms with Gasteiger partial charge in [0.05, 0.1) is 11.3 Å². The number of aromatic nitrogens is 1. The SMILES string of the molecule is Cn1ccc(Nc2cccc(C(F)(F)F)c2)c1. The van der Waals surface area contributed by atoms with Gasteiger partial charge in [-0.15, -0.1) is 0 Å². The van der Waals surface area contributed by atoms with Crippen LogP contribution in [-0.2, 0) is 13.2 Å². The van der Waals surface area contributed by atoms with Crippen molar-refractivity contribution in [2.24, 2.45) is 7.05 Å². The maximum absolute atomic E-state index is 12.5. The Morgan fingerprint density at radius 2 is 1.88 bits per heavy atom. The molecular formula is C12H11F3N2. The van der Waals surface area contributed by atoms with E-state index in [0.29, 0.717) is 5.69 Å². The summed E-state index contributed by atoms with van der Waals surface area (Å²) >= 11 is 0. The Hall–Kier alpha value is -1.91. The summed E-state index contributed by atoms with van der Waals surface area (Å²) in [5.41, 5.74) is 0.524. The maximum Gasteiger partial charge on any atom is 0.416 e. The fourth-order valence-electron chi connectivity index (χ4n) is 1.52. The second kappa shape index (κ2) is 4.16. The van der Waals surface area contributed by atoms with E-state index < -0.39 is 11.7 Å². The van der Waals surface area contributed by atoms with Crippen LogP contribution < -0.4 is 5.32 Å². The first-order valence-electron chi connectivity index (χ1n) is 5.01. The predicted molar refractivity (Wildman–Crippen MR) is 60.1 cm³/mol. The highest BCUT2D eigenvalue weighted by Gasteiger charge is 2.30. The van der Waals surface area contributed by atoms with E-state index in [-0.39, 0.29) is 0 Å². The van der Waals surface area contributed by atoms with Crippen LogP contribution in [0.3, 0.4) is 0 Å². The van der Waals surface area contributed by atoms with Crippen LogP contribution in [0.5, 0.6) is 0 Å². The number of benzene rings is 1. The number of hydrogen-bond donors (Lipinski definition) is 1. The molecule has 0 aliphatic heterocycles. The Balaban J connectivity index is 2.22. The van der Waals surface area contributed by atoms with E-state index in [1.54, 1.807) is 18.3 Å². The predicted octanol–water partition coefficient (Wildman–Crippen LogP) is 3.79. The van der Waals surface area contributed by atoms with Crippen molar-refractivity contribution in [1.29, 1.82) is 0 Å². The normalized spacial score (nSPS) is 11.5. The zero-order chi connectivity index (χ0) is 12.5. The second-order valence-electron chi connectivity index (χ2n) is 3.77. The smallest absolute Gasteiger partial charge is 0.355 e. The number of rotatable bonds is 2. The van der Waals surface area contributed by atoms with Crippen LogP contribution in [0.2, 0.25) is 0 Å². The Kier molecular flexibility index (Phi) is 2.83. The lowest BCUT2D eigenvalue weighted by Crippen LogP contribution is -2.05. The van der Waals surface area contributed by atoms with Gasteiger partial charge in [-0.3, -0.25) is 0 Å². The number of halogens is 3. The number of alkyl halides is 3. The van der Waals surface area contributed by atoms with E-state index in [2.05, 4.69) is 5.32 Å². The molecule has 1 aromatic carbocycles. The average molecular weight is 240 g/mol. The molecule has 1 N–H and O–H groups in total. The van der Waals surface area contributed by atoms with Crippen LogP contribution in [0.4, 0.5) is 24.5 Å². The monoisotopic (exact) mass is 240 g/mol. The molecule has 0 bridgehead atoms. The van der Waals surface area contributed by atoms with Crippen molar-refractivity contribution in [1.82, 2.24) is 4.57 Å². The summed E-state index contributed by atoms with van der Waals surface area (Å²) in [4.78, 5) is 0. The standard InChI is InChI=1S/C12H11F3N2/c1-17-6-5-11(8-17)16-10-4-2-3-9(7-10)12(13,14)15/h2-8,16H,1H3. The molecular weight excluding hydrogens is 229 g/mol. The van der Waals surface area contributed by atoms with E-state index in [9.17, 15) is 13.2 Å². The van der Waals surface area contributed by atoms with Gasteiger partial charge in [0.1, 0.15) is 0 Å². The van der Waals surface area contributed by atoms with Gasteiger partial charge in [-0.05, 0) is 24.3 Å². The van der Waals surface area contributed by atoms with E-state index >= 15 is 0 Å². The molecule has 0 saturated carbocycles. The average Bonchev–Trinajstić information content (AvgIpc) is 2.63. The zero-order valence-corrected chi connectivity index (χ0v) is 9.12. The molecule has 2 rings (SSSR count). The van der Waals surface area contributed by atoms with E-state index in [4.69, 9.17) is 0 Å². The third-order valence-corrected chi connectivity index (χ3v) is 2.31. The van der Waals surface area contributed by atoms with Crippen molar-refractivity contribution in [3.05, 3.63) is 48.3 Å². The van der Waals surface area contributed by atoms with Crippen LogP contribution in [-0.4, -0.2) is 4.57 Å². The van der Waals surface area contributed by atoms with E-state index in [1.807, 2.05) is 17.8 Å². The largest absolute Gasteiger partial charge is 0.416 e. The fraction of sp³-hybridized carbons (Fsp3) is 0.167. The first-order valence-corrected chi connectivity index (χ1v) is 5.01. The minimum absolute atomic E-state index is 0.422. The Morgan fingerprint density at radius 1 is 1.12 bits per heavy atom. The van der Waals surface area contributed by atoms with Crippen molar-refractivity contribution in [2.75, 3.05) is 5.32 Å². The van der Waals surface area contributed by atoms with Gasteiger partial charge in [0.2, 0.25) is 0 Å². The van der Waals surface area contributed by atoms with Crippen LogP contribution in [0.15, 0.2) is 42.7 Å². The van der Waals surface area contributed by atoms with Gasteiger partial charge in [0.15, 0.2) is 0 Å². The molecule has 0 unspecified atom stereocenters. The Bertz CT molecular complexity index is 514. The summed E-state index contributed by atoms with van der Waals surface area (Å²) in [6.07, 6.45) is -0.704. The molecule has 0 saturated heterocycles. The van der Waals surface area contributed by atoms with E-state index in [0.717, 1.165) is 17.8 Å². The third-order valence-electron chi connectivity index (χ3n) is 2.31. The molecule has 2 nitrogen and oxygen atoms in total. The molecule has 0 aliphatic carbocycles. The lowest BCUT2D eigenvalue weighted by molar-refractivity contribution is -0.137. The molecule has 0 radical (unpaired) electrons. The number of nitrogens with zero attached hydrogens (tertiary/aromatic N) is 1. The molecule has 0 fully saturated rings. The number of nitrogens with one attached hydrogen (secondary N) is 1. The fourth-order valence-corrected chi connectivity index (χ4v) is 1.52. The molecule has 0 aliphatic rings. The summed E-state index contributed by atoms with van der Waals surface area (Å²) in [5.74, 6) is 0. The zero-order valence-electron chi connectivity index (χ0n) is 9.12. The van der Waals surface area contributed by atoms with Crippen molar-refractivity contribution in [3.63, 3.8) is 0 Å². The van der Waals surface area contributed by atoms with Crippen molar-refractivity contribution < 1.29 is 13.2 Å². The highest BCUT2D eigenvalue weighted by atomic mass is 19.4. The van der Waals surface area contributed by atoms with Gasteiger partial charge in [0.25, 0.3) is 0 Å². The third kappa shape index (κ3) is 2.81. The van der Waals surface area contributed by atoms with Crippen molar-refractivity contribution in [2.45, 2.75) is 6.18 Å². The number of anilines is 2. The van der Waals surface area contributed by atoms with Gasteiger partial charge >= 0.3 is 6.18 Å². The summed E-state index contributed by atoms with van der Waals surface area (Å²) in [5, 5.41) is 2.92. The molecule has 17 heavy (non-hydrogen) atoms. The Morgan fingerprint density at radius 3 is 2.47 bits per heavy atom. The van der Waals surface area contributed by atoms with Gasteiger partial charge < -0.3 is 9.88 Å². The molecule has 1 heterocycles. The molecule has 0 atom stereocenters. The van der Waals surface area contributed by atoms with Crippen LogP contribution in [0, 0.1) is 0 Å². The van der Waals surface area contributed by atoms with Gasteiger partial charge in [-0.1, -0.05) is 6.07 Å². The van der Waals surface area contributed by atoms with Gasteiger partial charge in [-0.2, -0.15) is 13.2 Å². The summed E-state index contributed by atoms with van der Waals surface area (Å²) in [6.45, 7) is 0. The first-order chi connectivity index (χ1) is 7.95. The summed E-state index contributed by atoms with van der Waals surface area (Å²) in [7, 11) is 1.84. The quantitative estimate of drug-likeness (QED) is 0.845. The maximum atomic E-state index is 12.5. The molecule has 0 spiro atoms. The van der Waals surface area contributed by atoms with Crippen LogP contribution in [0.1, 0.15) is 5.56 Å². The molecule has 0 amide bonds. The summed E-state index contributed by atoms with van der Waals surface area (Å²) < 4.78 is 39.3. The first kappa shape index (κ1) is 11.6. The van der Waals surface area contributed by atoms with Gasteiger partial charge in [0, 0.05) is 25.1 Å². The van der Waals surface area contributed by atoms with Crippen LogP contribution >= 0.6 is 0 Å².